The fourth-order valence-electron chi connectivity index (χ4n) is 3.13. The van der Waals surface area contributed by atoms with Gasteiger partial charge in [-0.3, -0.25) is 14.7 Å². The van der Waals surface area contributed by atoms with E-state index in [-0.39, 0.29) is 11.8 Å². The molecule has 1 fully saturated rings. The van der Waals surface area contributed by atoms with Gasteiger partial charge >= 0.3 is 0 Å². The van der Waals surface area contributed by atoms with Gasteiger partial charge in [0.15, 0.2) is 0 Å². The van der Waals surface area contributed by atoms with Crippen LogP contribution in [0.1, 0.15) is 49.0 Å². The number of imidazole rings is 1. The van der Waals surface area contributed by atoms with Gasteiger partial charge in [0, 0.05) is 43.8 Å². The SMILES string of the molecule is CC(C)n1ccnc1CN1CCC(Oc2ccnc(C(N)=O)c2)CC1. The number of rotatable bonds is 6. The molecule has 0 spiro atoms. The number of nitrogens with two attached hydrogens (primary N) is 1. The number of aromatic nitrogens is 3. The molecule has 0 unspecified atom stereocenters. The highest BCUT2D eigenvalue weighted by Crippen LogP contribution is 2.20. The van der Waals surface area contributed by atoms with Gasteiger partial charge in [0.1, 0.15) is 23.4 Å². The number of hydrogen-bond acceptors (Lipinski definition) is 5. The number of nitrogens with zero attached hydrogens (tertiary/aromatic N) is 4. The molecule has 0 bridgehead atoms. The Kier molecular flexibility index (Phi) is 5.33. The van der Waals surface area contributed by atoms with Crippen molar-refractivity contribution in [2.75, 3.05) is 13.1 Å². The van der Waals surface area contributed by atoms with Gasteiger partial charge in [-0.15, -0.1) is 0 Å². The first-order chi connectivity index (χ1) is 12.0. The van der Waals surface area contributed by atoms with Crippen molar-refractivity contribution in [2.45, 2.75) is 45.4 Å². The summed E-state index contributed by atoms with van der Waals surface area (Å²) in [6.07, 6.45) is 7.48. The van der Waals surface area contributed by atoms with Gasteiger partial charge < -0.3 is 15.0 Å². The molecule has 3 heterocycles. The summed E-state index contributed by atoms with van der Waals surface area (Å²) in [6, 6.07) is 3.79. The van der Waals surface area contributed by atoms with Crippen molar-refractivity contribution in [3.8, 4) is 5.75 Å². The summed E-state index contributed by atoms with van der Waals surface area (Å²) in [6.45, 7) is 7.12. The van der Waals surface area contributed by atoms with Crippen molar-refractivity contribution >= 4 is 5.91 Å². The van der Waals surface area contributed by atoms with E-state index in [4.69, 9.17) is 10.5 Å². The summed E-state index contributed by atoms with van der Waals surface area (Å²) in [5.41, 5.74) is 5.49. The van der Waals surface area contributed by atoms with Crippen LogP contribution in [-0.4, -0.2) is 44.5 Å². The van der Waals surface area contributed by atoms with E-state index in [0.717, 1.165) is 38.3 Å². The Labute approximate surface area is 147 Å². The lowest BCUT2D eigenvalue weighted by molar-refractivity contribution is 0.0935. The van der Waals surface area contributed by atoms with E-state index < -0.39 is 5.91 Å². The standard InChI is InChI=1S/C18H25N5O2/c1-13(2)23-10-7-21-17(23)12-22-8-4-14(5-9-22)25-15-3-6-20-16(11-15)18(19)24/h3,6-7,10-11,13-14H,4-5,8-9,12H2,1-2H3,(H2,19,24). The zero-order valence-corrected chi connectivity index (χ0v) is 14.8. The number of hydrogen-bond donors (Lipinski definition) is 1. The van der Waals surface area contributed by atoms with E-state index in [1.165, 1.54) is 0 Å². The smallest absolute Gasteiger partial charge is 0.267 e. The van der Waals surface area contributed by atoms with Crippen molar-refractivity contribution in [2.24, 2.45) is 5.73 Å². The number of carbonyl (C=O) groups is 1. The molecule has 1 saturated heterocycles. The lowest BCUT2D eigenvalue weighted by Crippen LogP contribution is -2.38. The molecule has 1 aliphatic rings. The maximum atomic E-state index is 11.2. The zero-order chi connectivity index (χ0) is 17.8. The van der Waals surface area contributed by atoms with E-state index in [2.05, 4.69) is 33.3 Å². The molecule has 7 nitrogen and oxygen atoms in total. The van der Waals surface area contributed by atoms with Crippen LogP contribution in [0.3, 0.4) is 0 Å². The molecule has 7 heteroatoms. The number of carbonyl (C=O) groups excluding carboxylic acids is 1. The van der Waals surface area contributed by atoms with Crippen LogP contribution in [0.5, 0.6) is 5.75 Å². The lowest BCUT2D eigenvalue weighted by Gasteiger charge is -2.32. The second kappa shape index (κ2) is 7.65. The van der Waals surface area contributed by atoms with E-state index >= 15 is 0 Å². The van der Waals surface area contributed by atoms with Gasteiger partial charge in [-0.25, -0.2) is 4.98 Å². The van der Waals surface area contributed by atoms with Crippen LogP contribution in [0.4, 0.5) is 0 Å². The van der Waals surface area contributed by atoms with Gasteiger partial charge in [0.05, 0.1) is 6.54 Å². The molecule has 2 aromatic rings. The molecule has 0 aromatic carbocycles. The molecule has 1 aliphatic heterocycles. The summed E-state index contributed by atoms with van der Waals surface area (Å²) < 4.78 is 8.21. The maximum absolute atomic E-state index is 11.2. The second-order valence-corrected chi connectivity index (χ2v) is 6.68. The lowest BCUT2D eigenvalue weighted by atomic mass is 10.1. The molecule has 2 aromatic heterocycles. The molecule has 0 radical (unpaired) electrons. The highest BCUT2D eigenvalue weighted by atomic mass is 16.5. The van der Waals surface area contributed by atoms with Crippen LogP contribution >= 0.6 is 0 Å². The second-order valence-electron chi connectivity index (χ2n) is 6.68. The van der Waals surface area contributed by atoms with Crippen molar-refractivity contribution in [1.29, 1.82) is 0 Å². The Morgan fingerprint density at radius 1 is 1.32 bits per heavy atom. The Hall–Kier alpha value is -2.41. The van der Waals surface area contributed by atoms with Crippen LogP contribution in [0.15, 0.2) is 30.7 Å². The third-order valence-corrected chi connectivity index (χ3v) is 4.49. The minimum Gasteiger partial charge on any atom is -0.490 e. The number of ether oxygens (including phenoxy) is 1. The number of piperidine rings is 1. The van der Waals surface area contributed by atoms with Crippen molar-refractivity contribution < 1.29 is 9.53 Å². The van der Waals surface area contributed by atoms with Gasteiger partial charge in [-0.1, -0.05) is 0 Å². The largest absolute Gasteiger partial charge is 0.490 e. The number of amides is 1. The summed E-state index contributed by atoms with van der Waals surface area (Å²) in [4.78, 5) is 22.0. The predicted molar refractivity (Wildman–Crippen MR) is 94.3 cm³/mol. The first-order valence-corrected chi connectivity index (χ1v) is 8.69. The molecule has 25 heavy (non-hydrogen) atoms. The summed E-state index contributed by atoms with van der Waals surface area (Å²) in [7, 11) is 0. The number of pyridine rings is 1. The first kappa shape index (κ1) is 17.4. The molecular weight excluding hydrogens is 318 g/mol. The van der Waals surface area contributed by atoms with E-state index in [1.54, 1.807) is 18.3 Å². The topological polar surface area (TPSA) is 86.3 Å². The Morgan fingerprint density at radius 3 is 2.76 bits per heavy atom. The molecule has 1 amide bonds. The summed E-state index contributed by atoms with van der Waals surface area (Å²) >= 11 is 0. The van der Waals surface area contributed by atoms with Gasteiger partial charge in [-0.05, 0) is 32.8 Å². The molecular formula is C18H25N5O2. The molecule has 0 saturated carbocycles. The van der Waals surface area contributed by atoms with Crippen molar-refractivity contribution in [3.05, 3.63) is 42.2 Å². The Balaban J connectivity index is 1.53. The predicted octanol–water partition coefficient (Wildman–Crippen LogP) is 2.00. The zero-order valence-electron chi connectivity index (χ0n) is 14.8. The average Bonchev–Trinajstić information content (AvgIpc) is 3.05. The fourth-order valence-corrected chi connectivity index (χ4v) is 3.13. The minimum absolute atomic E-state index is 0.143. The summed E-state index contributed by atoms with van der Waals surface area (Å²) in [5.74, 6) is 1.22. The minimum atomic E-state index is -0.541. The van der Waals surface area contributed by atoms with Crippen LogP contribution in [-0.2, 0) is 6.54 Å². The van der Waals surface area contributed by atoms with Crippen molar-refractivity contribution in [1.82, 2.24) is 19.4 Å². The van der Waals surface area contributed by atoms with Gasteiger partial charge in [-0.2, -0.15) is 0 Å². The quantitative estimate of drug-likeness (QED) is 0.867. The van der Waals surface area contributed by atoms with Crippen LogP contribution in [0.2, 0.25) is 0 Å². The molecule has 0 aliphatic carbocycles. The van der Waals surface area contributed by atoms with Crippen LogP contribution in [0.25, 0.3) is 0 Å². The normalized spacial score (nSPS) is 16.3. The Bertz CT molecular complexity index is 720. The van der Waals surface area contributed by atoms with Crippen LogP contribution < -0.4 is 10.5 Å². The summed E-state index contributed by atoms with van der Waals surface area (Å²) in [5, 5.41) is 0. The molecule has 134 valence electrons. The number of primary amides is 1. The molecule has 3 rings (SSSR count). The van der Waals surface area contributed by atoms with E-state index in [9.17, 15) is 4.79 Å². The van der Waals surface area contributed by atoms with E-state index in [0.29, 0.717) is 11.8 Å². The maximum Gasteiger partial charge on any atom is 0.267 e. The molecule has 2 N–H and O–H groups in total. The number of likely N-dealkylation sites (tertiary alicyclic amines) is 1. The molecule has 0 atom stereocenters. The third kappa shape index (κ3) is 4.36. The fraction of sp³-hybridized carbons (Fsp3) is 0.500. The highest BCUT2D eigenvalue weighted by molar-refractivity contribution is 5.91. The monoisotopic (exact) mass is 343 g/mol. The third-order valence-electron chi connectivity index (χ3n) is 4.49. The van der Waals surface area contributed by atoms with Crippen molar-refractivity contribution in [3.63, 3.8) is 0 Å². The van der Waals surface area contributed by atoms with Crippen LogP contribution in [0, 0.1) is 0 Å². The van der Waals surface area contributed by atoms with Gasteiger partial charge in [0.2, 0.25) is 0 Å². The Morgan fingerprint density at radius 2 is 2.08 bits per heavy atom. The first-order valence-electron chi connectivity index (χ1n) is 8.69. The highest BCUT2D eigenvalue weighted by Gasteiger charge is 2.22. The van der Waals surface area contributed by atoms with Gasteiger partial charge in [0.25, 0.3) is 5.91 Å². The average molecular weight is 343 g/mol. The van der Waals surface area contributed by atoms with E-state index in [1.807, 2.05) is 12.4 Å².